The first-order valence-electron chi connectivity index (χ1n) is 7.11. The number of hydrogen-bond acceptors (Lipinski definition) is 4. The molecule has 1 heterocycles. The number of nitrogens with one attached hydrogen (secondary N) is 1. The van der Waals surface area contributed by atoms with Crippen LogP contribution in [0.4, 0.5) is 0 Å². The lowest BCUT2D eigenvalue weighted by molar-refractivity contribution is 0.292. The van der Waals surface area contributed by atoms with E-state index >= 15 is 0 Å². The topological polar surface area (TPSA) is 34.1 Å². The van der Waals surface area contributed by atoms with Crippen molar-refractivity contribution < 1.29 is 4.74 Å². The predicted molar refractivity (Wildman–Crippen MR) is 82.6 cm³/mol. The van der Waals surface area contributed by atoms with E-state index in [4.69, 9.17) is 4.74 Å². The van der Waals surface area contributed by atoms with Gasteiger partial charge in [-0.15, -0.1) is 11.3 Å². The summed E-state index contributed by atoms with van der Waals surface area (Å²) in [5, 5.41) is 6.89. The second-order valence-electron chi connectivity index (χ2n) is 5.27. The van der Waals surface area contributed by atoms with Crippen LogP contribution < -0.4 is 10.1 Å². The van der Waals surface area contributed by atoms with Crippen LogP contribution in [0, 0.1) is 0 Å². The monoisotopic (exact) mass is 288 g/mol. The van der Waals surface area contributed by atoms with Crippen LogP contribution in [0.5, 0.6) is 5.75 Å². The second kappa shape index (κ2) is 6.37. The van der Waals surface area contributed by atoms with E-state index in [1.807, 2.05) is 11.6 Å². The zero-order chi connectivity index (χ0) is 13.8. The Morgan fingerprint density at radius 2 is 2.10 bits per heavy atom. The molecule has 2 aromatic rings. The van der Waals surface area contributed by atoms with Crippen LogP contribution in [-0.2, 0) is 6.42 Å². The Balaban J connectivity index is 1.39. The molecule has 1 aromatic heterocycles. The number of rotatable bonds is 6. The first-order chi connectivity index (χ1) is 9.85. The summed E-state index contributed by atoms with van der Waals surface area (Å²) >= 11 is 1.74. The van der Waals surface area contributed by atoms with E-state index in [1.54, 1.807) is 18.4 Å². The molecular weight excluding hydrogens is 268 g/mol. The number of ether oxygens (including phenoxy) is 1. The molecule has 106 valence electrons. The van der Waals surface area contributed by atoms with Crippen LogP contribution in [0.3, 0.4) is 0 Å². The lowest BCUT2D eigenvalue weighted by Gasteiger charge is -2.36. The number of thiazole rings is 1. The maximum Gasteiger partial charge on any atom is 0.118 e. The molecule has 0 atom stereocenters. The van der Waals surface area contributed by atoms with Gasteiger partial charge in [0.15, 0.2) is 0 Å². The molecule has 20 heavy (non-hydrogen) atoms. The third kappa shape index (κ3) is 3.19. The van der Waals surface area contributed by atoms with Crippen molar-refractivity contribution in [2.24, 2.45) is 0 Å². The van der Waals surface area contributed by atoms with Crippen LogP contribution >= 0.6 is 11.3 Å². The molecule has 3 rings (SSSR count). The van der Waals surface area contributed by atoms with Crippen molar-refractivity contribution in [2.45, 2.75) is 31.2 Å². The molecular formula is C16H20N2OS. The molecule has 1 aliphatic carbocycles. The summed E-state index contributed by atoms with van der Waals surface area (Å²) in [7, 11) is 1.71. The minimum absolute atomic E-state index is 0.669. The number of aromatic nitrogens is 1. The molecule has 1 aliphatic rings. The van der Waals surface area contributed by atoms with E-state index in [2.05, 4.69) is 34.6 Å². The molecule has 0 bridgehead atoms. The van der Waals surface area contributed by atoms with E-state index in [9.17, 15) is 0 Å². The maximum absolute atomic E-state index is 5.19. The van der Waals surface area contributed by atoms with Gasteiger partial charge in [0.25, 0.3) is 0 Å². The van der Waals surface area contributed by atoms with Gasteiger partial charge >= 0.3 is 0 Å². The fourth-order valence-electron chi connectivity index (χ4n) is 2.69. The fraction of sp³-hybridized carbons (Fsp3) is 0.438. The van der Waals surface area contributed by atoms with E-state index < -0.39 is 0 Å². The molecule has 3 nitrogen and oxygen atoms in total. The van der Waals surface area contributed by atoms with Crippen molar-refractivity contribution in [1.82, 2.24) is 10.3 Å². The van der Waals surface area contributed by atoms with Crippen molar-refractivity contribution in [3.8, 4) is 5.75 Å². The molecule has 1 N–H and O–H groups in total. The van der Waals surface area contributed by atoms with Gasteiger partial charge in [0.2, 0.25) is 0 Å². The molecule has 1 fully saturated rings. The molecule has 0 unspecified atom stereocenters. The first-order valence-corrected chi connectivity index (χ1v) is 7.99. The van der Waals surface area contributed by atoms with Gasteiger partial charge < -0.3 is 10.1 Å². The quantitative estimate of drug-likeness (QED) is 0.886. The summed E-state index contributed by atoms with van der Waals surface area (Å²) in [5.41, 5.74) is 1.43. The lowest BCUT2D eigenvalue weighted by Crippen LogP contribution is -2.40. The number of benzene rings is 1. The van der Waals surface area contributed by atoms with Crippen LogP contribution in [0.15, 0.2) is 35.8 Å². The standard InChI is InChI=1S/C16H20N2OS/c1-19-15-4-2-12(3-5-15)13-10-14(11-13)17-7-6-16-18-8-9-20-16/h2-5,8-9,13-14,17H,6-7,10-11H2,1H3. The minimum Gasteiger partial charge on any atom is -0.497 e. The Kier molecular flexibility index (Phi) is 4.33. The highest BCUT2D eigenvalue weighted by Gasteiger charge is 2.29. The third-order valence-corrected chi connectivity index (χ3v) is 4.82. The maximum atomic E-state index is 5.19. The predicted octanol–water partition coefficient (Wildman–Crippen LogP) is 3.23. The van der Waals surface area contributed by atoms with Crippen molar-refractivity contribution >= 4 is 11.3 Å². The average molecular weight is 288 g/mol. The van der Waals surface area contributed by atoms with Crippen LogP contribution in [-0.4, -0.2) is 24.7 Å². The Labute approximate surface area is 124 Å². The van der Waals surface area contributed by atoms with Crippen molar-refractivity contribution in [3.05, 3.63) is 46.4 Å². The van der Waals surface area contributed by atoms with E-state index in [1.165, 1.54) is 23.4 Å². The molecule has 0 saturated heterocycles. The number of hydrogen-bond donors (Lipinski definition) is 1. The molecule has 0 amide bonds. The molecule has 0 radical (unpaired) electrons. The largest absolute Gasteiger partial charge is 0.497 e. The summed E-state index contributed by atoms with van der Waals surface area (Å²) < 4.78 is 5.19. The molecule has 4 heteroatoms. The summed E-state index contributed by atoms with van der Waals surface area (Å²) in [6.07, 6.45) is 5.40. The van der Waals surface area contributed by atoms with Crippen LogP contribution in [0.1, 0.15) is 29.3 Å². The zero-order valence-electron chi connectivity index (χ0n) is 11.7. The first kappa shape index (κ1) is 13.6. The average Bonchev–Trinajstić information content (AvgIpc) is 2.95. The van der Waals surface area contributed by atoms with Crippen LogP contribution in [0.2, 0.25) is 0 Å². The number of nitrogens with zero attached hydrogens (tertiary/aromatic N) is 1. The molecule has 0 spiro atoms. The highest BCUT2D eigenvalue weighted by Crippen LogP contribution is 2.37. The second-order valence-corrected chi connectivity index (χ2v) is 6.25. The summed E-state index contributed by atoms with van der Waals surface area (Å²) in [6.45, 7) is 1.04. The summed E-state index contributed by atoms with van der Waals surface area (Å²) in [6, 6.07) is 9.16. The highest BCUT2D eigenvalue weighted by atomic mass is 32.1. The summed E-state index contributed by atoms with van der Waals surface area (Å²) in [5.74, 6) is 1.64. The highest BCUT2D eigenvalue weighted by molar-refractivity contribution is 7.09. The van der Waals surface area contributed by atoms with Gasteiger partial charge in [0.05, 0.1) is 12.1 Å². The Morgan fingerprint density at radius 3 is 2.75 bits per heavy atom. The van der Waals surface area contributed by atoms with Gasteiger partial charge in [-0.3, -0.25) is 0 Å². The lowest BCUT2D eigenvalue weighted by atomic mass is 9.76. The van der Waals surface area contributed by atoms with E-state index in [0.717, 1.165) is 18.7 Å². The molecule has 1 aromatic carbocycles. The minimum atomic E-state index is 0.669. The van der Waals surface area contributed by atoms with Gasteiger partial charge in [-0.25, -0.2) is 4.98 Å². The van der Waals surface area contributed by atoms with Crippen LogP contribution in [0.25, 0.3) is 0 Å². The normalized spacial score (nSPS) is 21.4. The third-order valence-electron chi connectivity index (χ3n) is 3.98. The SMILES string of the molecule is COc1ccc(C2CC(NCCc3nccs3)C2)cc1. The molecule has 1 saturated carbocycles. The van der Waals surface area contributed by atoms with E-state index in [0.29, 0.717) is 12.0 Å². The van der Waals surface area contributed by atoms with Gasteiger partial charge in [-0.05, 0) is 36.5 Å². The Hall–Kier alpha value is -1.39. The summed E-state index contributed by atoms with van der Waals surface area (Å²) in [4.78, 5) is 4.30. The molecule has 0 aliphatic heterocycles. The number of methoxy groups -OCH3 is 1. The van der Waals surface area contributed by atoms with Gasteiger partial charge in [0.1, 0.15) is 5.75 Å². The fourth-order valence-corrected chi connectivity index (χ4v) is 3.31. The van der Waals surface area contributed by atoms with Gasteiger partial charge in [0, 0.05) is 30.6 Å². The van der Waals surface area contributed by atoms with Gasteiger partial charge in [-0.2, -0.15) is 0 Å². The Morgan fingerprint density at radius 1 is 1.30 bits per heavy atom. The van der Waals surface area contributed by atoms with Crippen molar-refractivity contribution in [1.29, 1.82) is 0 Å². The smallest absolute Gasteiger partial charge is 0.118 e. The Bertz CT molecular complexity index is 518. The van der Waals surface area contributed by atoms with Crippen molar-refractivity contribution in [3.63, 3.8) is 0 Å². The zero-order valence-corrected chi connectivity index (χ0v) is 12.5. The van der Waals surface area contributed by atoms with E-state index in [-0.39, 0.29) is 0 Å². The van der Waals surface area contributed by atoms with Gasteiger partial charge in [-0.1, -0.05) is 12.1 Å². The van der Waals surface area contributed by atoms with Crippen molar-refractivity contribution in [2.75, 3.05) is 13.7 Å².